The molecule has 2 radical (unpaired) electrons. The van der Waals surface area contributed by atoms with Gasteiger partial charge in [-0.2, -0.15) is 0 Å². The van der Waals surface area contributed by atoms with Crippen molar-refractivity contribution in [3.05, 3.63) is 29.3 Å². The number of benzene rings is 1. The first-order chi connectivity index (χ1) is 9.72. The summed E-state index contributed by atoms with van der Waals surface area (Å²) < 4.78 is 11.5. The highest BCUT2D eigenvalue weighted by Gasteiger charge is 2.16. The summed E-state index contributed by atoms with van der Waals surface area (Å²) in [5, 5.41) is 0. The SMILES string of the molecule is COc1c(CO[Si]CC2CCCC2)cccc1C(C)C. The van der Waals surface area contributed by atoms with Crippen molar-refractivity contribution in [1.82, 2.24) is 0 Å². The minimum atomic E-state index is 0.478. The van der Waals surface area contributed by atoms with E-state index in [2.05, 4.69) is 32.0 Å². The minimum Gasteiger partial charge on any atom is -0.496 e. The molecule has 2 nitrogen and oxygen atoms in total. The molecule has 110 valence electrons. The van der Waals surface area contributed by atoms with E-state index in [1.54, 1.807) is 7.11 Å². The lowest BCUT2D eigenvalue weighted by molar-refractivity contribution is 0.306. The molecule has 1 aromatic carbocycles. The molecule has 20 heavy (non-hydrogen) atoms. The zero-order valence-electron chi connectivity index (χ0n) is 12.9. The zero-order valence-corrected chi connectivity index (χ0v) is 13.9. The summed E-state index contributed by atoms with van der Waals surface area (Å²) in [6.07, 6.45) is 5.64. The molecule has 1 aliphatic rings. The molecular formula is C17H26O2Si. The fraction of sp³-hybridized carbons (Fsp3) is 0.647. The number of ether oxygens (including phenoxy) is 1. The van der Waals surface area contributed by atoms with Crippen molar-refractivity contribution in [2.24, 2.45) is 5.92 Å². The Labute approximate surface area is 125 Å². The highest BCUT2D eigenvalue weighted by Crippen LogP contribution is 2.31. The lowest BCUT2D eigenvalue weighted by Crippen LogP contribution is -2.06. The highest BCUT2D eigenvalue weighted by atomic mass is 28.2. The first-order valence-electron chi connectivity index (χ1n) is 7.72. The molecule has 0 amide bonds. The topological polar surface area (TPSA) is 18.5 Å². The van der Waals surface area contributed by atoms with Gasteiger partial charge in [0.05, 0.1) is 13.7 Å². The third-order valence-corrected chi connectivity index (χ3v) is 5.22. The lowest BCUT2D eigenvalue weighted by Gasteiger charge is -2.16. The second-order valence-corrected chi connectivity index (χ2v) is 6.97. The van der Waals surface area contributed by atoms with Crippen LogP contribution in [0, 0.1) is 5.92 Å². The van der Waals surface area contributed by atoms with Gasteiger partial charge in [-0.3, -0.25) is 0 Å². The third-order valence-electron chi connectivity index (χ3n) is 4.13. The quantitative estimate of drug-likeness (QED) is 0.541. The highest BCUT2D eigenvalue weighted by molar-refractivity contribution is 6.27. The van der Waals surface area contributed by atoms with E-state index < -0.39 is 0 Å². The van der Waals surface area contributed by atoms with Gasteiger partial charge in [-0.15, -0.1) is 0 Å². The fourth-order valence-corrected chi connectivity index (χ4v) is 3.96. The van der Waals surface area contributed by atoms with Crippen molar-refractivity contribution in [2.75, 3.05) is 7.11 Å². The summed E-state index contributed by atoms with van der Waals surface area (Å²) in [4.78, 5) is 0. The molecule has 0 saturated heterocycles. The van der Waals surface area contributed by atoms with Crippen LogP contribution in [0.2, 0.25) is 6.04 Å². The van der Waals surface area contributed by atoms with Gasteiger partial charge in [0.1, 0.15) is 5.75 Å². The Kier molecular flexibility index (Phi) is 6.11. The molecule has 0 heterocycles. The van der Waals surface area contributed by atoms with E-state index in [4.69, 9.17) is 9.16 Å². The lowest BCUT2D eigenvalue weighted by atomic mass is 9.99. The molecule has 0 unspecified atom stereocenters. The van der Waals surface area contributed by atoms with Crippen LogP contribution >= 0.6 is 0 Å². The van der Waals surface area contributed by atoms with Crippen molar-refractivity contribution in [2.45, 2.75) is 58.1 Å². The summed E-state index contributed by atoms with van der Waals surface area (Å²) in [7, 11) is 2.38. The number of rotatable bonds is 7. The van der Waals surface area contributed by atoms with Crippen LogP contribution in [0.3, 0.4) is 0 Å². The van der Waals surface area contributed by atoms with Crippen LogP contribution in [0.5, 0.6) is 5.75 Å². The van der Waals surface area contributed by atoms with Gasteiger partial charge in [-0.05, 0) is 23.4 Å². The Morgan fingerprint density at radius 3 is 2.65 bits per heavy atom. The number of hydrogen-bond acceptors (Lipinski definition) is 2. The summed E-state index contributed by atoms with van der Waals surface area (Å²) in [6, 6.07) is 7.61. The molecular weight excluding hydrogens is 264 g/mol. The van der Waals surface area contributed by atoms with Crippen LogP contribution in [0.1, 0.15) is 56.6 Å². The van der Waals surface area contributed by atoms with Gasteiger partial charge < -0.3 is 9.16 Å². The van der Waals surface area contributed by atoms with Crippen LogP contribution in [-0.2, 0) is 11.0 Å². The molecule has 1 aliphatic carbocycles. The van der Waals surface area contributed by atoms with Gasteiger partial charge in [0, 0.05) is 5.56 Å². The van der Waals surface area contributed by atoms with E-state index in [1.807, 2.05) is 0 Å². The monoisotopic (exact) mass is 290 g/mol. The summed E-state index contributed by atoms with van der Waals surface area (Å²) in [6.45, 7) is 5.07. The van der Waals surface area contributed by atoms with Crippen LogP contribution in [0.25, 0.3) is 0 Å². The Bertz CT molecular complexity index is 411. The van der Waals surface area contributed by atoms with Crippen LogP contribution < -0.4 is 4.74 Å². The number of hydrogen-bond donors (Lipinski definition) is 0. The summed E-state index contributed by atoms with van der Waals surface area (Å²) in [5.74, 6) is 2.40. The predicted octanol–water partition coefficient (Wildman–Crippen LogP) is 4.56. The van der Waals surface area contributed by atoms with Crippen molar-refractivity contribution in [3.63, 3.8) is 0 Å². The molecule has 1 aromatic rings. The van der Waals surface area contributed by atoms with E-state index >= 15 is 0 Å². The molecule has 0 N–H and O–H groups in total. The molecule has 3 heteroatoms. The molecule has 0 atom stereocenters. The zero-order chi connectivity index (χ0) is 14.4. The molecule has 0 spiro atoms. The van der Waals surface area contributed by atoms with Gasteiger partial charge in [0.15, 0.2) is 0 Å². The maximum absolute atomic E-state index is 5.91. The summed E-state index contributed by atoms with van der Waals surface area (Å²) >= 11 is 0. The van der Waals surface area contributed by atoms with E-state index in [9.17, 15) is 0 Å². The Morgan fingerprint density at radius 2 is 2.00 bits per heavy atom. The molecule has 1 saturated carbocycles. The normalized spacial score (nSPS) is 16.0. The Morgan fingerprint density at radius 1 is 1.25 bits per heavy atom. The molecule has 0 aliphatic heterocycles. The van der Waals surface area contributed by atoms with Gasteiger partial charge in [0.2, 0.25) is 9.76 Å². The maximum Gasteiger partial charge on any atom is 0.230 e. The van der Waals surface area contributed by atoms with E-state index in [-0.39, 0.29) is 0 Å². The van der Waals surface area contributed by atoms with Crippen molar-refractivity contribution >= 4 is 9.76 Å². The maximum atomic E-state index is 5.91. The molecule has 0 aromatic heterocycles. The van der Waals surface area contributed by atoms with Gasteiger partial charge in [0.25, 0.3) is 0 Å². The molecule has 0 bridgehead atoms. The van der Waals surface area contributed by atoms with E-state index in [0.717, 1.165) is 11.7 Å². The summed E-state index contributed by atoms with van der Waals surface area (Å²) in [5.41, 5.74) is 2.45. The molecule has 2 rings (SSSR count). The number of para-hydroxylation sites is 1. The second-order valence-electron chi connectivity index (χ2n) is 5.98. The first-order valence-corrected chi connectivity index (χ1v) is 8.84. The largest absolute Gasteiger partial charge is 0.496 e. The molecule has 1 fully saturated rings. The van der Waals surface area contributed by atoms with Crippen molar-refractivity contribution in [3.8, 4) is 5.75 Å². The smallest absolute Gasteiger partial charge is 0.230 e. The van der Waals surface area contributed by atoms with Crippen LogP contribution in [-0.4, -0.2) is 16.9 Å². The predicted molar refractivity (Wildman–Crippen MR) is 84.4 cm³/mol. The van der Waals surface area contributed by atoms with Gasteiger partial charge in [-0.1, -0.05) is 57.7 Å². The Balaban J connectivity index is 1.86. The van der Waals surface area contributed by atoms with Gasteiger partial charge in [-0.25, -0.2) is 0 Å². The third kappa shape index (κ3) is 4.09. The fourth-order valence-electron chi connectivity index (χ4n) is 2.94. The van der Waals surface area contributed by atoms with Crippen molar-refractivity contribution in [1.29, 1.82) is 0 Å². The van der Waals surface area contributed by atoms with Gasteiger partial charge >= 0.3 is 0 Å². The van der Waals surface area contributed by atoms with Crippen molar-refractivity contribution < 1.29 is 9.16 Å². The van der Waals surface area contributed by atoms with E-state index in [1.165, 1.54) is 42.9 Å². The first kappa shape index (κ1) is 15.6. The van der Waals surface area contributed by atoms with Crippen LogP contribution in [0.15, 0.2) is 18.2 Å². The van der Waals surface area contributed by atoms with E-state index in [0.29, 0.717) is 22.3 Å². The van der Waals surface area contributed by atoms with Crippen LogP contribution in [0.4, 0.5) is 0 Å². The number of methoxy groups -OCH3 is 1. The average Bonchev–Trinajstić information content (AvgIpc) is 2.96. The average molecular weight is 290 g/mol. The Hall–Kier alpha value is -0.803. The minimum absolute atomic E-state index is 0.478. The standard InChI is InChI=1S/C17H26O2Si/c1-13(2)16-10-6-9-15(17(16)18-3)11-19-20-12-14-7-4-5-8-14/h6,9-10,13-14H,4-5,7-8,11-12H2,1-3H3. The second kappa shape index (κ2) is 7.84.